The molecule has 0 aromatic rings. The van der Waals surface area contributed by atoms with Crippen LogP contribution < -0.4 is 5.73 Å². The van der Waals surface area contributed by atoms with Crippen LogP contribution in [0.1, 0.15) is 0 Å². The minimum Gasteiger partial charge on any atom is -1.00 e. The molecule has 0 aromatic heterocycles. The van der Waals surface area contributed by atoms with Crippen molar-refractivity contribution in [2.24, 2.45) is 5.73 Å². The number of carboxylic acid groups (broad SMARTS) is 1. The molecule has 0 fully saturated rings. The molecule has 0 spiro atoms. The van der Waals surface area contributed by atoms with Gasteiger partial charge in [-0.05, 0) is 0 Å². The zero-order valence-corrected chi connectivity index (χ0v) is 9.21. The van der Waals surface area contributed by atoms with Gasteiger partial charge in [0.05, 0.1) is 0 Å². The van der Waals surface area contributed by atoms with Gasteiger partial charge < -0.3 is 34.2 Å². The summed E-state index contributed by atoms with van der Waals surface area (Å²) < 4.78 is 0. The Kier molecular flexibility index (Phi) is 67.9. The van der Waals surface area contributed by atoms with E-state index in [0.29, 0.717) is 0 Å². The zero-order valence-electron chi connectivity index (χ0n) is 3.57. The van der Waals surface area contributed by atoms with Crippen LogP contribution in [0.4, 0.5) is 4.79 Å². The predicted molar refractivity (Wildman–Crippen MR) is 26.9 cm³/mol. The quantitative estimate of drug-likeness (QED) is 0.363. The van der Waals surface area contributed by atoms with Crippen LogP contribution in [0.2, 0.25) is 0 Å². The molecule has 0 heterocycles. The minimum absolute atomic E-state index is 0. The molecule has 0 aliphatic heterocycles. The van der Waals surface area contributed by atoms with E-state index in [-0.39, 0.29) is 42.1 Å². The summed E-state index contributed by atoms with van der Waals surface area (Å²) in [4.78, 5) is 8.78. The maximum Gasteiger partial charge on any atom is 0.402 e. The normalized spacial score (nSPS) is 3.75. The Labute approximate surface area is 86.5 Å². The summed E-state index contributed by atoms with van der Waals surface area (Å²) in [7, 11) is 0. The third kappa shape index (κ3) is 163. The second-order valence-corrected chi connectivity index (χ2v) is 0.338. The molecular formula is CH3Mo2NO2S2-2. The number of nitrogens with two attached hydrogens (primary N) is 1. The van der Waals surface area contributed by atoms with Crippen molar-refractivity contribution >= 4 is 29.4 Å². The molecule has 0 saturated heterocycles. The van der Waals surface area contributed by atoms with Crippen molar-refractivity contribution < 1.29 is 52.0 Å². The summed E-state index contributed by atoms with van der Waals surface area (Å²) in [5.74, 6) is 0. The van der Waals surface area contributed by atoms with E-state index in [4.69, 9.17) is 9.90 Å². The average Bonchev–Trinajstić information content (AvgIpc) is 1.41. The van der Waals surface area contributed by atoms with Gasteiger partial charge in [0.15, 0.2) is 0 Å². The molecule has 0 atom stereocenters. The van der Waals surface area contributed by atoms with Gasteiger partial charge in [0, 0.05) is 42.1 Å². The van der Waals surface area contributed by atoms with E-state index < -0.39 is 6.09 Å². The van der Waals surface area contributed by atoms with E-state index in [0.717, 1.165) is 0 Å². The molecule has 1 amide bonds. The largest absolute Gasteiger partial charge is 1.00 e. The SMILES string of the molecule is NC(=O)O.[Mo].[Mo].[S-][S-]. The summed E-state index contributed by atoms with van der Waals surface area (Å²) in [5.41, 5.74) is 4.03. The summed E-state index contributed by atoms with van der Waals surface area (Å²) in [5, 5.41) is 7.19. The van der Waals surface area contributed by atoms with Crippen molar-refractivity contribution in [3.05, 3.63) is 0 Å². The number of hydrogen-bond acceptors (Lipinski definition) is 3. The van der Waals surface area contributed by atoms with Crippen LogP contribution >= 0.6 is 0 Å². The van der Waals surface area contributed by atoms with Crippen molar-refractivity contribution in [1.29, 1.82) is 0 Å². The van der Waals surface area contributed by atoms with E-state index >= 15 is 0 Å². The van der Waals surface area contributed by atoms with Crippen LogP contribution in [0.5, 0.6) is 0 Å². The number of primary amides is 1. The van der Waals surface area contributed by atoms with E-state index in [2.05, 4.69) is 29.1 Å². The molecular weight excluding hydrogens is 314 g/mol. The van der Waals surface area contributed by atoms with Gasteiger partial charge in [0.2, 0.25) is 0 Å². The maximum absolute atomic E-state index is 8.78. The van der Waals surface area contributed by atoms with E-state index in [9.17, 15) is 0 Å². The minimum atomic E-state index is -1.33. The smallest absolute Gasteiger partial charge is 0.402 e. The van der Waals surface area contributed by atoms with E-state index in [1.807, 2.05) is 0 Å². The molecule has 50 valence electrons. The molecule has 0 aliphatic rings. The van der Waals surface area contributed by atoms with Crippen molar-refractivity contribution in [3.8, 4) is 0 Å². The van der Waals surface area contributed by atoms with Gasteiger partial charge in [-0.1, -0.05) is 0 Å². The number of amides is 1. The van der Waals surface area contributed by atoms with Gasteiger partial charge in [-0.3, -0.25) is 0 Å². The fraction of sp³-hybridized carbons (Fsp3) is 0. The van der Waals surface area contributed by atoms with Crippen LogP contribution in [-0.4, -0.2) is 11.2 Å². The number of rotatable bonds is 0. The Balaban J connectivity index is -0.0000000183. The molecule has 8 heavy (non-hydrogen) atoms. The molecule has 3 nitrogen and oxygen atoms in total. The van der Waals surface area contributed by atoms with E-state index in [1.54, 1.807) is 0 Å². The molecule has 0 rings (SSSR count). The van der Waals surface area contributed by atoms with Crippen LogP contribution in [0.3, 0.4) is 0 Å². The Hall–Kier alpha value is 1.35. The van der Waals surface area contributed by atoms with Crippen molar-refractivity contribution in [2.45, 2.75) is 0 Å². The number of hydrogen-bond donors (Lipinski definition) is 2. The molecule has 0 aliphatic carbocycles. The first-order valence-electron chi connectivity index (χ1n) is 0.883. The van der Waals surface area contributed by atoms with Gasteiger partial charge in [0.1, 0.15) is 0 Å². The Morgan fingerprint density at radius 1 is 1.38 bits per heavy atom. The average molecular weight is 317 g/mol. The third-order valence-corrected chi connectivity index (χ3v) is 0. The van der Waals surface area contributed by atoms with Crippen LogP contribution in [0.25, 0.3) is 0 Å². The van der Waals surface area contributed by atoms with Gasteiger partial charge in [0.25, 0.3) is 0 Å². The van der Waals surface area contributed by atoms with Crippen molar-refractivity contribution in [1.82, 2.24) is 0 Å². The first-order chi connectivity index (χ1) is 2.73. The summed E-state index contributed by atoms with van der Waals surface area (Å²) in [6.45, 7) is 0. The summed E-state index contributed by atoms with van der Waals surface area (Å²) >= 11 is 7.33. The first kappa shape index (κ1) is 22.8. The van der Waals surface area contributed by atoms with Crippen LogP contribution in [0, 0.1) is 0 Å². The summed E-state index contributed by atoms with van der Waals surface area (Å²) in [6, 6.07) is 0. The molecule has 7 heteroatoms. The topological polar surface area (TPSA) is 63.3 Å². The Bertz CT molecular complexity index is 41.0. The molecule has 3 N–H and O–H groups in total. The van der Waals surface area contributed by atoms with Gasteiger partial charge in [-0.2, -0.15) is 0 Å². The Morgan fingerprint density at radius 2 is 1.38 bits per heavy atom. The second-order valence-electron chi connectivity index (χ2n) is 0.338. The second kappa shape index (κ2) is 23.8. The molecule has 0 aromatic carbocycles. The molecule has 0 bridgehead atoms. The maximum atomic E-state index is 8.78. The monoisotopic (exact) mass is 321 g/mol. The molecule has 0 unspecified atom stereocenters. The van der Waals surface area contributed by atoms with E-state index in [1.165, 1.54) is 0 Å². The number of carbonyl (C=O) groups is 1. The molecule has 0 radical (unpaired) electrons. The third-order valence-electron chi connectivity index (χ3n) is 0. The Morgan fingerprint density at radius 3 is 1.38 bits per heavy atom. The van der Waals surface area contributed by atoms with Crippen LogP contribution in [-0.2, 0) is 65.5 Å². The molecule has 0 saturated carbocycles. The van der Waals surface area contributed by atoms with Crippen molar-refractivity contribution in [2.75, 3.05) is 0 Å². The van der Waals surface area contributed by atoms with Gasteiger partial charge >= 0.3 is 6.09 Å². The standard InChI is InChI=1S/CH3NO2.2Mo.S2/c2-1(3)4;;;1-2/h2H2,(H,3,4);;;/q;;;-2. The van der Waals surface area contributed by atoms with Gasteiger partial charge in [-0.15, -0.1) is 0 Å². The summed E-state index contributed by atoms with van der Waals surface area (Å²) in [6.07, 6.45) is -1.33. The van der Waals surface area contributed by atoms with Gasteiger partial charge in [-0.25, -0.2) is 4.79 Å². The fourth-order valence-electron chi connectivity index (χ4n) is 0. The first-order valence-corrected chi connectivity index (χ1v) is 2.22. The predicted octanol–water partition coefficient (Wildman–Crippen LogP) is -0.387. The van der Waals surface area contributed by atoms with Crippen LogP contribution in [0.15, 0.2) is 0 Å². The fourth-order valence-corrected chi connectivity index (χ4v) is 0. The van der Waals surface area contributed by atoms with Crippen molar-refractivity contribution in [3.63, 3.8) is 0 Å². The zero-order chi connectivity index (χ0) is 5.58.